The molecule has 2 aromatic carbocycles. The number of hydrogen-bond donors (Lipinski definition) is 2. The van der Waals surface area contributed by atoms with E-state index in [1.54, 1.807) is 0 Å². The van der Waals surface area contributed by atoms with Gasteiger partial charge < -0.3 is 10.1 Å². The van der Waals surface area contributed by atoms with E-state index in [4.69, 9.17) is 4.74 Å². The lowest BCUT2D eigenvalue weighted by Crippen LogP contribution is -2.32. The fraction of sp³-hybridized carbons (Fsp3) is 0.263. The highest BCUT2D eigenvalue weighted by atomic mass is 32.1. The van der Waals surface area contributed by atoms with Crippen molar-refractivity contribution in [2.75, 3.05) is 18.8 Å². The molecule has 0 heterocycles. The molecule has 0 aromatic heterocycles. The second-order valence-electron chi connectivity index (χ2n) is 5.36. The molecule has 1 unspecified atom stereocenters. The number of ketones is 1. The number of rotatable bonds is 9. The molecule has 24 heavy (non-hydrogen) atoms. The summed E-state index contributed by atoms with van der Waals surface area (Å²) >= 11 is 4.07. The zero-order chi connectivity index (χ0) is 17.2. The molecule has 0 fully saturated rings. The largest absolute Gasteiger partial charge is 0.460 e. The highest BCUT2D eigenvalue weighted by molar-refractivity contribution is 7.81. The monoisotopic (exact) mass is 343 g/mol. The van der Waals surface area contributed by atoms with Crippen molar-refractivity contribution < 1.29 is 14.3 Å². The van der Waals surface area contributed by atoms with Crippen LogP contribution in [0.25, 0.3) is 0 Å². The maximum atomic E-state index is 12.1. The van der Waals surface area contributed by atoms with Crippen LogP contribution in [0.4, 0.5) is 0 Å². The Labute approximate surface area is 147 Å². The van der Waals surface area contributed by atoms with Crippen molar-refractivity contribution in [2.24, 2.45) is 0 Å². The van der Waals surface area contributed by atoms with E-state index < -0.39 is 0 Å². The van der Waals surface area contributed by atoms with Crippen LogP contribution in [0, 0.1) is 0 Å². The summed E-state index contributed by atoms with van der Waals surface area (Å²) in [7, 11) is 0. The third-order valence-electron chi connectivity index (χ3n) is 3.61. The average molecular weight is 343 g/mol. The number of Topliss-reactive ketones (excluding diaryl/α,β-unsaturated/α-hetero) is 1. The number of esters is 1. The maximum Gasteiger partial charge on any atom is 0.320 e. The molecule has 0 spiro atoms. The minimum atomic E-state index is -0.344. The smallest absolute Gasteiger partial charge is 0.320 e. The number of thiol groups is 1. The van der Waals surface area contributed by atoms with E-state index in [0.717, 1.165) is 11.1 Å². The van der Waals surface area contributed by atoms with Gasteiger partial charge in [-0.15, -0.1) is 0 Å². The van der Waals surface area contributed by atoms with Gasteiger partial charge in [-0.25, -0.2) is 0 Å². The minimum Gasteiger partial charge on any atom is -0.460 e. The van der Waals surface area contributed by atoms with Gasteiger partial charge in [0.05, 0.1) is 12.5 Å². The molecule has 0 aliphatic heterocycles. The molecule has 5 heteroatoms. The number of benzene rings is 2. The van der Waals surface area contributed by atoms with Gasteiger partial charge in [-0.2, -0.15) is 12.6 Å². The normalized spacial score (nSPS) is 11.7. The number of carbonyl (C=O) groups is 2. The molecular weight excluding hydrogens is 322 g/mol. The molecule has 4 nitrogen and oxygen atoms in total. The Hall–Kier alpha value is -2.11. The standard InChI is InChI=1S/C19H21NO3S/c21-18(14-24)17(16-9-5-2-6-10-16)11-20-12-19(22)23-13-15-7-3-1-4-8-15/h1-10,17,20,24H,11-14H2. The van der Waals surface area contributed by atoms with Crippen molar-refractivity contribution in [3.63, 3.8) is 0 Å². The van der Waals surface area contributed by atoms with Gasteiger partial charge in [0, 0.05) is 12.3 Å². The first-order chi connectivity index (χ1) is 11.7. The highest BCUT2D eigenvalue weighted by Crippen LogP contribution is 2.16. The Kier molecular flexibility index (Phi) is 7.52. The van der Waals surface area contributed by atoms with Crippen molar-refractivity contribution in [3.8, 4) is 0 Å². The van der Waals surface area contributed by atoms with Crippen LogP contribution < -0.4 is 5.32 Å². The number of ether oxygens (including phenoxy) is 1. The Balaban J connectivity index is 1.80. The average Bonchev–Trinajstić information content (AvgIpc) is 2.64. The third-order valence-corrected chi connectivity index (χ3v) is 3.92. The van der Waals surface area contributed by atoms with Crippen molar-refractivity contribution >= 4 is 24.4 Å². The van der Waals surface area contributed by atoms with Crippen LogP contribution in [0.1, 0.15) is 17.0 Å². The van der Waals surface area contributed by atoms with E-state index in [0.29, 0.717) is 6.54 Å². The van der Waals surface area contributed by atoms with Gasteiger partial charge in [0.2, 0.25) is 0 Å². The molecule has 2 rings (SSSR count). The molecule has 0 aliphatic rings. The van der Waals surface area contributed by atoms with Gasteiger partial charge >= 0.3 is 5.97 Å². The van der Waals surface area contributed by atoms with Crippen LogP contribution in [0.5, 0.6) is 0 Å². The summed E-state index contributed by atoms with van der Waals surface area (Å²) in [5.41, 5.74) is 1.86. The second kappa shape index (κ2) is 9.90. The minimum absolute atomic E-state index is 0.0229. The number of carbonyl (C=O) groups excluding carboxylic acids is 2. The number of hydrogen-bond acceptors (Lipinski definition) is 5. The molecule has 2 aromatic rings. The molecular formula is C19H21NO3S. The van der Waals surface area contributed by atoms with Crippen LogP contribution in [0.3, 0.4) is 0 Å². The Bertz CT molecular complexity index is 646. The lowest BCUT2D eigenvalue weighted by molar-refractivity contribution is -0.144. The molecule has 0 bridgehead atoms. The fourth-order valence-electron chi connectivity index (χ4n) is 2.32. The van der Waals surface area contributed by atoms with Gasteiger partial charge in [0.1, 0.15) is 6.61 Å². The zero-order valence-corrected chi connectivity index (χ0v) is 14.2. The molecule has 0 saturated carbocycles. The predicted octanol–water partition coefficient (Wildman–Crippen LogP) is 2.60. The van der Waals surface area contributed by atoms with Crippen LogP contribution in [0.2, 0.25) is 0 Å². The SMILES string of the molecule is O=C(CNCC(C(=O)CS)c1ccccc1)OCc1ccccc1. The van der Waals surface area contributed by atoms with Gasteiger partial charge in [-0.3, -0.25) is 9.59 Å². The quantitative estimate of drug-likeness (QED) is 0.543. The van der Waals surface area contributed by atoms with Crippen molar-refractivity contribution in [2.45, 2.75) is 12.5 Å². The van der Waals surface area contributed by atoms with Gasteiger partial charge in [-0.05, 0) is 11.1 Å². The molecule has 0 radical (unpaired) electrons. The van der Waals surface area contributed by atoms with Crippen molar-refractivity contribution in [1.82, 2.24) is 5.32 Å². The molecule has 0 aliphatic carbocycles. The lowest BCUT2D eigenvalue weighted by atomic mass is 9.95. The van der Waals surface area contributed by atoms with Crippen LogP contribution >= 0.6 is 12.6 Å². The third kappa shape index (κ3) is 5.83. The predicted molar refractivity (Wildman–Crippen MR) is 97.2 cm³/mol. The first-order valence-electron chi connectivity index (χ1n) is 7.79. The van der Waals surface area contributed by atoms with Crippen LogP contribution in [-0.4, -0.2) is 30.6 Å². The van der Waals surface area contributed by atoms with Crippen molar-refractivity contribution in [3.05, 3.63) is 71.8 Å². The topological polar surface area (TPSA) is 55.4 Å². The van der Waals surface area contributed by atoms with E-state index in [-0.39, 0.29) is 36.6 Å². The summed E-state index contributed by atoms with van der Waals surface area (Å²) < 4.78 is 5.20. The van der Waals surface area contributed by atoms with Gasteiger partial charge in [0.25, 0.3) is 0 Å². The highest BCUT2D eigenvalue weighted by Gasteiger charge is 2.19. The van der Waals surface area contributed by atoms with E-state index >= 15 is 0 Å². The van der Waals surface area contributed by atoms with E-state index in [1.807, 2.05) is 60.7 Å². The lowest BCUT2D eigenvalue weighted by Gasteiger charge is -2.16. The van der Waals surface area contributed by atoms with E-state index in [9.17, 15) is 9.59 Å². The first-order valence-corrected chi connectivity index (χ1v) is 8.42. The maximum absolute atomic E-state index is 12.1. The molecule has 0 saturated heterocycles. The number of nitrogens with one attached hydrogen (secondary N) is 1. The zero-order valence-electron chi connectivity index (χ0n) is 13.4. The first kappa shape index (κ1) is 18.2. The summed E-state index contributed by atoms with van der Waals surface area (Å²) in [6.07, 6.45) is 0. The summed E-state index contributed by atoms with van der Waals surface area (Å²) in [6.45, 7) is 0.693. The Morgan fingerprint density at radius 2 is 1.62 bits per heavy atom. The van der Waals surface area contributed by atoms with E-state index in [2.05, 4.69) is 17.9 Å². The van der Waals surface area contributed by atoms with E-state index in [1.165, 1.54) is 0 Å². The Morgan fingerprint density at radius 1 is 1.00 bits per heavy atom. The molecule has 126 valence electrons. The molecule has 1 atom stereocenters. The molecule has 1 N–H and O–H groups in total. The van der Waals surface area contributed by atoms with Crippen LogP contribution in [0.15, 0.2) is 60.7 Å². The van der Waals surface area contributed by atoms with Crippen molar-refractivity contribution in [1.29, 1.82) is 0 Å². The summed E-state index contributed by atoms with van der Waals surface area (Å²) in [6, 6.07) is 19.0. The van der Waals surface area contributed by atoms with Gasteiger partial charge in [0.15, 0.2) is 5.78 Å². The summed E-state index contributed by atoms with van der Waals surface area (Å²) in [5.74, 6) is -0.469. The summed E-state index contributed by atoms with van der Waals surface area (Å²) in [5, 5.41) is 3.01. The fourth-order valence-corrected chi connectivity index (χ4v) is 2.54. The Morgan fingerprint density at radius 3 is 2.25 bits per heavy atom. The summed E-state index contributed by atoms with van der Waals surface area (Å²) in [4.78, 5) is 23.9. The van der Waals surface area contributed by atoms with Gasteiger partial charge in [-0.1, -0.05) is 60.7 Å². The second-order valence-corrected chi connectivity index (χ2v) is 5.68. The van der Waals surface area contributed by atoms with Crippen LogP contribution in [-0.2, 0) is 20.9 Å². The molecule has 0 amide bonds.